The maximum absolute atomic E-state index is 12.5. The van der Waals surface area contributed by atoms with Crippen LogP contribution in [0.5, 0.6) is 0 Å². The Morgan fingerprint density at radius 1 is 0.370 bits per heavy atom. The maximum atomic E-state index is 12.5. The molecule has 6 heteroatoms. The summed E-state index contributed by atoms with van der Waals surface area (Å²) in [7, 11) is 0. The number of unbranched alkanes of at least 4 members (excludes halogenated alkanes) is 49. The summed E-state index contributed by atoms with van der Waals surface area (Å²) in [5, 5.41) is 23.1. The number of carbonyl (C=O) groups excluding carboxylic acids is 2. The zero-order valence-corrected chi connectivity index (χ0v) is 49.4. The lowest BCUT2D eigenvalue weighted by atomic mass is 10.0. The number of aliphatic hydroxyl groups is 2. The largest absolute Gasteiger partial charge is 0.466 e. The molecule has 2 atom stereocenters. The lowest BCUT2D eigenvalue weighted by molar-refractivity contribution is -0.143. The lowest BCUT2D eigenvalue weighted by Gasteiger charge is -2.20. The van der Waals surface area contributed by atoms with Crippen LogP contribution in [0.4, 0.5) is 0 Å². The van der Waals surface area contributed by atoms with Crippen molar-refractivity contribution in [1.82, 2.24) is 5.32 Å². The van der Waals surface area contributed by atoms with E-state index in [9.17, 15) is 19.8 Å². The Morgan fingerprint density at radius 2 is 0.644 bits per heavy atom. The van der Waals surface area contributed by atoms with E-state index < -0.39 is 12.1 Å². The van der Waals surface area contributed by atoms with Crippen LogP contribution in [0.25, 0.3) is 0 Å². The first-order valence-electron chi connectivity index (χ1n) is 33.1. The van der Waals surface area contributed by atoms with E-state index in [-0.39, 0.29) is 18.5 Å². The summed E-state index contributed by atoms with van der Waals surface area (Å²) in [6.07, 6.45) is 78.0. The molecule has 0 aromatic heterocycles. The Morgan fingerprint density at radius 3 is 0.973 bits per heavy atom. The first kappa shape index (κ1) is 71.3. The van der Waals surface area contributed by atoms with Gasteiger partial charge < -0.3 is 20.3 Å². The molecule has 0 spiro atoms. The third-order valence-electron chi connectivity index (χ3n) is 15.5. The van der Waals surface area contributed by atoms with E-state index >= 15 is 0 Å². The zero-order chi connectivity index (χ0) is 52.9. The van der Waals surface area contributed by atoms with Crippen molar-refractivity contribution in [3.05, 3.63) is 24.3 Å². The van der Waals surface area contributed by atoms with Crippen LogP contribution >= 0.6 is 0 Å². The maximum Gasteiger partial charge on any atom is 0.305 e. The minimum absolute atomic E-state index is 0.0129. The molecule has 0 aromatic carbocycles. The monoisotopic (exact) mass is 1030 g/mol. The molecule has 0 aliphatic heterocycles. The van der Waals surface area contributed by atoms with E-state index in [0.717, 1.165) is 44.9 Å². The fourth-order valence-corrected chi connectivity index (χ4v) is 10.4. The Bertz CT molecular complexity index is 1140. The number of nitrogens with one attached hydrogen (secondary N) is 1. The molecule has 0 aliphatic rings. The van der Waals surface area contributed by atoms with Crippen molar-refractivity contribution in [3.8, 4) is 0 Å². The lowest BCUT2D eigenvalue weighted by Crippen LogP contribution is -2.45. The summed E-state index contributed by atoms with van der Waals surface area (Å²) < 4.78 is 5.50. The van der Waals surface area contributed by atoms with Gasteiger partial charge in [0.05, 0.1) is 25.4 Å². The predicted molar refractivity (Wildman–Crippen MR) is 320 cm³/mol. The van der Waals surface area contributed by atoms with Gasteiger partial charge in [-0.15, -0.1) is 0 Å². The normalized spacial score (nSPS) is 12.7. The minimum atomic E-state index is -0.849. The van der Waals surface area contributed by atoms with Gasteiger partial charge in [0.15, 0.2) is 0 Å². The van der Waals surface area contributed by atoms with E-state index in [4.69, 9.17) is 4.74 Å². The van der Waals surface area contributed by atoms with E-state index in [2.05, 4.69) is 31.3 Å². The number of aliphatic hydroxyl groups excluding tert-OH is 2. The molecule has 0 bridgehead atoms. The summed E-state index contributed by atoms with van der Waals surface area (Å²) in [5.74, 6) is -0.0605. The van der Waals surface area contributed by atoms with Gasteiger partial charge in [0.2, 0.25) is 5.91 Å². The van der Waals surface area contributed by atoms with Crippen molar-refractivity contribution in [2.24, 2.45) is 0 Å². The van der Waals surface area contributed by atoms with Gasteiger partial charge in [-0.1, -0.05) is 321 Å². The van der Waals surface area contributed by atoms with Crippen LogP contribution in [0.3, 0.4) is 0 Å². The highest BCUT2D eigenvalue weighted by Crippen LogP contribution is 2.18. The average Bonchev–Trinajstić information content (AvgIpc) is 3.39. The Labute approximate surface area is 456 Å². The molecule has 0 saturated heterocycles. The summed E-state index contributed by atoms with van der Waals surface area (Å²) in [6, 6.07) is -0.633. The van der Waals surface area contributed by atoms with Gasteiger partial charge in [0.1, 0.15) is 0 Å². The number of carbonyl (C=O) groups is 2. The molecule has 0 aliphatic carbocycles. The van der Waals surface area contributed by atoms with E-state index in [0.29, 0.717) is 19.4 Å². The average molecular weight is 1030 g/mol. The molecule has 432 valence electrons. The molecule has 73 heavy (non-hydrogen) atoms. The molecule has 0 aromatic rings. The summed E-state index contributed by atoms with van der Waals surface area (Å²) in [4.78, 5) is 24.6. The molecule has 0 radical (unpaired) electrons. The standard InChI is InChI=1S/C67H129NO5/c1-3-5-7-9-11-13-15-17-19-21-25-29-33-37-41-45-49-53-57-61-67(72)73-62-58-54-50-46-42-38-34-30-27-24-22-23-26-28-32-36-40-44-48-52-56-60-66(71)68-64(63-69)65(70)59-55-51-47-43-39-35-31-20-18-16-14-12-10-8-6-4-2/h23,26,55,59,64-65,69-70H,3-22,24-25,27-54,56-58,60-63H2,1-2H3,(H,68,71)/b26-23-,59-55+. The molecule has 6 nitrogen and oxygen atoms in total. The molecule has 0 saturated carbocycles. The Hall–Kier alpha value is -1.66. The van der Waals surface area contributed by atoms with Crippen molar-refractivity contribution in [2.45, 2.75) is 379 Å². The van der Waals surface area contributed by atoms with Gasteiger partial charge in [-0.2, -0.15) is 0 Å². The van der Waals surface area contributed by atoms with Crippen molar-refractivity contribution in [1.29, 1.82) is 0 Å². The van der Waals surface area contributed by atoms with E-state index in [1.807, 2.05) is 6.08 Å². The molecular weight excluding hydrogens is 899 g/mol. The van der Waals surface area contributed by atoms with E-state index in [1.54, 1.807) is 6.08 Å². The number of hydrogen-bond donors (Lipinski definition) is 3. The number of hydrogen-bond acceptors (Lipinski definition) is 5. The summed E-state index contributed by atoms with van der Waals surface area (Å²) in [5.41, 5.74) is 0. The summed E-state index contributed by atoms with van der Waals surface area (Å²) >= 11 is 0. The molecule has 0 fully saturated rings. The highest BCUT2D eigenvalue weighted by Gasteiger charge is 2.18. The van der Waals surface area contributed by atoms with Gasteiger partial charge in [0.25, 0.3) is 0 Å². The van der Waals surface area contributed by atoms with Crippen molar-refractivity contribution in [2.75, 3.05) is 13.2 Å². The zero-order valence-electron chi connectivity index (χ0n) is 49.4. The fourth-order valence-electron chi connectivity index (χ4n) is 10.4. The van der Waals surface area contributed by atoms with Gasteiger partial charge >= 0.3 is 5.97 Å². The number of esters is 1. The highest BCUT2D eigenvalue weighted by atomic mass is 16.5. The Balaban J connectivity index is 3.41. The first-order chi connectivity index (χ1) is 36.0. The third-order valence-corrected chi connectivity index (χ3v) is 15.5. The number of amides is 1. The van der Waals surface area contributed by atoms with Crippen LogP contribution in [0.15, 0.2) is 24.3 Å². The quantitative estimate of drug-likeness (QED) is 0.0320. The highest BCUT2D eigenvalue weighted by molar-refractivity contribution is 5.76. The second-order valence-corrected chi connectivity index (χ2v) is 22.8. The second kappa shape index (κ2) is 62.9. The molecule has 1 amide bonds. The molecule has 2 unspecified atom stereocenters. The second-order valence-electron chi connectivity index (χ2n) is 22.8. The molecule has 0 heterocycles. The van der Waals surface area contributed by atoms with Gasteiger partial charge in [-0.3, -0.25) is 9.59 Å². The summed E-state index contributed by atoms with van der Waals surface area (Å²) in [6.45, 7) is 4.93. The first-order valence-corrected chi connectivity index (χ1v) is 33.1. The van der Waals surface area contributed by atoms with Crippen LogP contribution in [0, 0.1) is 0 Å². The molecular formula is C67H129NO5. The Kier molecular flexibility index (Phi) is 61.4. The van der Waals surface area contributed by atoms with Crippen LogP contribution in [-0.2, 0) is 14.3 Å². The van der Waals surface area contributed by atoms with Crippen molar-refractivity contribution < 1.29 is 24.5 Å². The van der Waals surface area contributed by atoms with Crippen LogP contribution < -0.4 is 5.32 Å². The minimum Gasteiger partial charge on any atom is -0.466 e. The molecule has 3 N–H and O–H groups in total. The number of ether oxygens (including phenoxy) is 1. The van der Waals surface area contributed by atoms with Gasteiger partial charge in [-0.05, 0) is 57.8 Å². The number of allylic oxidation sites excluding steroid dienone is 3. The molecule has 0 rings (SSSR count). The van der Waals surface area contributed by atoms with Crippen LogP contribution in [-0.4, -0.2) is 47.4 Å². The van der Waals surface area contributed by atoms with Crippen molar-refractivity contribution >= 4 is 11.9 Å². The number of rotatable bonds is 62. The van der Waals surface area contributed by atoms with Crippen LogP contribution in [0.2, 0.25) is 0 Å². The topological polar surface area (TPSA) is 95.9 Å². The SMILES string of the molecule is CCCCCCCCCCCCCCCC/C=C/C(O)C(CO)NC(=O)CCCCCCCCC/C=C\CCCCCCCCCCCCOC(=O)CCCCCCCCCCCCCCCCCCCCC. The fraction of sp³-hybridized carbons (Fsp3) is 0.910. The third kappa shape index (κ3) is 59.4. The smallest absolute Gasteiger partial charge is 0.305 e. The van der Waals surface area contributed by atoms with Gasteiger partial charge in [0, 0.05) is 12.8 Å². The van der Waals surface area contributed by atoms with Gasteiger partial charge in [-0.25, -0.2) is 0 Å². The van der Waals surface area contributed by atoms with Crippen molar-refractivity contribution in [3.63, 3.8) is 0 Å². The predicted octanol–water partition coefficient (Wildman–Crippen LogP) is 21.0. The van der Waals surface area contributed by atoms with Crippen LogP contribution in [0.1, 0.15) is 367 Å². The van der Waals surface area contributed by atoms with E-state index in [1.165, 1.54) is 295 Å².